The first-order valence-electron chi connectivity index (χ1n) is 30.7. The minimum absolute atomic E-state index is 0.00478. The van der Waals surface area contributed by atoms with Crippen LogP contribution in [0.25, 0.3) is 0 Å². The van der Waals surface area contributed by atoms with E-state index in [0.717, 1.165) is 109 Å². The third-order valence-corrected chi connectivity index (χ3v) is 14.2. The minimum Gasteiger partial charge on any atom is -0.756 e. The van der Waals surface area contributed by atoms with Crippen molar-refractivity contribution in [3.63, 3.8) is 0 Å². The molecule has 8 nitrogen and oxygen atoms in total. The number of quaternary nitrogens is 1. The Morgan fingerprint density at radius 3 is 1.19 bits per heavy atom. The summed E-state index contributed by atoms with van der Waals surface area (Å²) in [4.78, 5) is 25.6. The second-order valence-electron chi connectivity index (χ2n) is 21.7. The molecule has 1 amide bonds. The summed E-state index contributed by atoms with van der Waals surface area (Å²) in [5.74, 6) is -0.179. The van der Waals surface area contributed by atoms with Gasteiger partial charge in [0.2, 0.25) is 5.91 Å². The number of rotatable bonds is 55. The summed E-state index contributed by atoms with van der Waals surface area (Å²) in [6, 6.07) is -0.815. The van der Waals surface area contributed by atoms with Gasteiger partial charge in [-0.25, -0.2) is 0 Å². The summed E-state index contributed by atoms with van der Waals surface area (Å²) in [6.07, 6.45) is 81.2. The number of aliphatic hydroxyl groups is 1. The maximum Gasteiger partial charge on any atom is 0.268 e. The van der Waals surface area contributed by atoms with Crippen LogP contribution < -0.4 is 10.2 Å². The maximum absolute atomic E-state index is 13.0. The Kier molecular flexibility index (Phi) is 53.8. The Morgan fingerprint density at radius 1 is 0.480 bits per heavy atom. The van der Waals surface area contributed by atoms with Gasteiger partial charge in [-0.3, -0.25) is 9.36 Å². The number of nitrogens with zero attached hydrogens (tertiary/aromatic N) is 1. The van der Waals surface area contributed by atoms with Gasteiger partial charge < -0.3 is 28.8 Å². The van der Waals surface area contributed by atoms with E-state index in [-0.39, 0.29) is 19.1 Å². The molecule has 0 aliphatic carbocycles. The minimum atomic E-state index is -4.59. The van der Waals surface area contributed by atoms with Gasteiger partial charge in [0.15, 0.2) is 0 Å². The quantitative estimate of drug-likeness (QED) is 0.0272. The van der Waals surface area contributed by atoms with Gasteiger partial charge >= 0.3 is 0 Å². The first kappa shape index (κ1) is 72.2. The van der Waals surface area contributed by atoms with Crippen LogP contribution in [0.3, 0.4) is 0 Å². The van der Waals surface area contributed by atoms with E-state index in [9.17, 15) is 19.4 Å². The van der Waals surface area contributed by atoms with Crippen molar-refractivity contribution in [2.75, 3.05) is 40.9 Å². The lowest BCUT2D eigenvalue weighted by Gasteiger charge is -2.30. The summed E-state index contributed by atoms with van der Waals surface area (Å²) in [5.41, 5.74) is 0. The van der Waals surface area contributed by atoms with Crippen molar-refractivity contribution in [3.8, 4) is 0 Å². The van der Waals surface area contributed by atoms with Gasteiger partial charge in [-0.15, -0.1) is 0 Å². The van der Waals surface area contributed by atoms with Gasteiger partial charge in [0.05, 0.1) is 39.9 Å². The first-order chi connectivity index (χ1) is 36.5. The zero-order valence-electron chi connectivity index (χ0n) is 49.2. The van der Waals surface area contributed by atoms with Gasteiger partial charge in [0.25, 0.3) is 7.82 Å². The van der Waals surface area contributed by atoms with E-state index in [1.165, 1.54) is 116 Å². The highest BCUT2D eigenvalue weighted by molar-refractivity contribution is 7.45. The van der Waals surface area contributed by atoms with Gasteiger partial charge in [0, 0.05) is 6.42 Å². The van der Waals surface area contributed by atoms with Crippen molar-refractivity contribution in [3.05, 3.63) is 109 Å². The van der Waals surface area contributed by atoms with E-state index in [0.29, 0.717) is 23.9 Å². The van der Waals surface area contributed by atoms with E-state index < -0.39 is 20.0 Å². The van der Waals surface area contributed by atoms with Crippen molar-refractivity contribution in [1.82, 2.24) is 5.32 Å². The first-order valence-corrected chi connectivity index (χ1v) is 32.2. The zero-order valence-corrected chi connectivity index (χ0v) is 50.1. The molecule has 3 unspecified atom stereocenters. The second kappa shape index (κ2) is 55.9. The number of carbonyl (C=O) groups excluding carboxylic acids is 1. The molecule has 9 heteroatoms. The number of phosphoric ester groups is 1. The Bertz CT molecular complexity index is 1590. The number of aliphatic hydroxyl groups excluding tert-OH is 1. The fourth-order valence-corrected chi connectivity index (χ4v) is 9.23. The summed E-state index contributed by atoms with van der Waals surface area (Å²) in [5, 5.41) is 14.0. The zero-order chi connectivity index (χ0) is 54.9. The smallest absolute Gasteiger partial charge is 0.268 e. The summed E-state index contributed by atoms with van der Waals surface area (Å²) >= 11 is 0. The van der Waals surface area contributed by atoms with Crippen LogP contribution in [-0.2, 0) is 18.4 Å². The highest BCUT2D eigenvalue weighted by Crippen LogP contribution is 2.38. The predicted molar refractivity (Wildman–Crippen MR) is 325 cm³/mol. The fraction of sp³-hybridized carbons (Fsp3) is 0.712. The molecule has 0 aliphatic heterocycles. The molecule has 0 aromatic heterocycles. The number of hydrogen-bond acceptors (Lipinski definition) is 6. The molecule has 0 radical (unpaired) electrons. The average molecular weight is 1070 g/mol. The van der Waals surface area contributed by atoms with Crippen LogP contribution >= 0.6 is 7.82 Å². The van der Waals surface area contributed by atoms with Crippen molar-refractivity contribution in [1.29, 1.82) is 0 Å². The maximum atomic E-state index is 13.0. The van der Waals surface area contributed by atoms with E-state index in [1.54, 1.807) is 0 Å². The molecule has 2 N–H and O–H groups in total. The molecule has 0 aromatic rings. The monoisotopic (exact) mass is 1060 g/mol. The number of likely N-dealkylation sites (N-methyl/N-ethyl adjacent to an activating group) is 1. The fourth-order valence-electron chi connectivity index (χ4n) is 8.50. The number of unbranched alkanes of at least 4 members (excludes halogenated alkanes) is 24. The van der Waals surface area contributed by atoms with Gasteiger partial charge in [-0.05, 0) is 83.5 Å². The summed E-state index contributed by atoms with van der Waals surface area (Å²) in [7, 11) is 1.29. The number of carbonyl (C=O) groups is 1. The highest BCUT2D eigenvalue weighted by Gasteiger charge is 2.24. The Morgan fingerprint density at radius 2 is 0.813 bits per heavy atom. The van der Waals surface area contributed by atoms with Crippen LogP contribution in [0.1, 0.15) is 251 Å². The van der Waals surface area contributed by atoms with Gasteiger partial charge in [-0.1, -0.05) is 271 Å². The lowest BCUT2D eigenvalue weighted by atomic mass is 10.0. The molecule has 432 valence electrons. The number of nitrogens with one attached hydrogen (secondary N) is 1. The third kappa shape index (κ3) is 58.7. The number of hydrogen-bond donors (Lipinski definition) is 2. The van der Waals surface area contributed by atoms with Crippen LogP contribution in [-0.4, -0.2) is 68.5 Å². The van der Waals surface area contributed by atoms with Crippen LogP contribution in [0, 0.1) is 0 Å². The molecular formula is C66H117N2O6P. The van der Waals surface area contributed by atoms with E-state index in [2.05, 4.69) is 129 Å². The highest BCUT2D eigenvalue weighted by atomic mass is 31.2. The molecule has 0 saturated heterocycles. The SMILES string of the molecule is CC/C=C\C/C=C\C/C=C\C/C=C\C/C=C\C/C=C\C/C=C\C/C=C\C/C=C\CCCCCCCCCC(=O)NC(COP(=O)([O-])OCC[N+](C)(C)C)C(O)CCCCCCCCCCCCCCCCCCCC. The van der Waals surface area contributed by atoms with Crippen molar-refractivity contribution < 1.29 is 32.9 Å². The van der Waals surface area contributed by atoms with E-state index >= 15 is 0 Å². The van der Waals surface area contributed by atoms with Crippen molar-refractivity contribution in [2.24, 2.45) is 0 Å². The summed E-state index contributed by atoms with van der Waals surface area (Å²) < 4.78 is 23.4. The molecule has 0 saturated carbocycles. The standard InChI is InChI=1S/C66H117N2O6P/c1-6-8-10-12-14-16-18-20-22-24-26-27-28-29-30-31-32-33-34-35-36-37-38-39-40-41-42-44-46-48-50-52-54-56-58-60-66(70)67-64(63-74-75(71,72)73-62-61-68(3,4)5)65(69)59-57-55-53-51-49-47-45-43-25-23-21-19-17-15-13-11-9-7-2/h8,10,14,16,20,22,26-27,29-30,32-33,35-36,38-39,41-42,64-65,69H,6-7,9,11-13,15,17-19,21,23-25,28,31,34,37,40,43-63H2,1-5H3,(H-,67,70,71,72)/b10-8-,16-14-,22-20-,27-26-,30-29-,33-32-,36-35-,39-38-,42-41-. The molecular weight excluding hydrogens is 948 g/mol. The lowest BCUT2D eigenvalue weighted by molar-refractivity contribution is -0.870. The molecule has 0 spiro atoms. The van der Waals surface area contributed by atoms with Crippen molar-refractivity contribution >= 4 is 13.7 Å². The third-order valence-electron chi connectivity index (χ3n) is 13.3. The molecule has 0 fully saturated rings. The molecule has 0 aliphatic rings. The Labute approximate surface area is 463 Å². The van der Waals surface area contributed by atoms with Crippen LogP contribution in [0.2, 0.25) is 0 Å². The van der Waals surface area contributed by atoms with E-state index in [1.807, 2.05) is 21.1 Å². The topological polar surface area (TPSA) is 108 Å². The predicted octanol–water partition coefficient (Wildman–Crippen LogP) is 18.5. The largest absolute Gasteiger partial charge is 0.756 e. The Balaban J connectivity index is 4.18. The number of amides is 1. The molecule has 75 heavy (non-hydrogen) atoms. The van der Waals surface area contributed by atoms with Gasteiger partial charge in [0.1, 0.15) is 13.2 Å². The van der Waals surface area contributed by atoms with Crippen LogP contribution in [0.15, 0.2) is 109 Å². The lowest BCUT2D eigenvalue weighted by Crippen LogP contribution is -2.46. The second-order valence-corrected chi connectivity index (χ2v) is 23.1. The van der Waals surface area contributed by atoms with Crippen molar-refractivity contribution in [2.45, 2.75) is 264 Å². The normalized spacial score (nSPS) is 14.6. The average Bonchev–Trinajstić information content (AvgIpc) is 3.37. The molecule has 0 aromatic carbocycles. The molecule has 0 heterocycles. The Hall–Kier alpha value is -2.84. The summed E-state index contributed by atoms with van der Waals surface area (Å²) in [6.45, 7) is 4.60. The molecule has 0 bridgehead atoms. The number of allylic oxidation sites excluding steroid dienone is 18. The molecule has 3 atom stereocenters. The molecule has 0 rings (SSSR count). The number of phosphoric acid groups is 1. The van der Waals surface area contributed by atoms with Crippen LogP contribution in [0.4, 0.5) is 0 Å². The van der Waals surface area contributed by atoms with Gasteiger partial charge in [-0.2, -0.15) is 0 Å². The van der Waals surface area contributed by atoms with Crippen LogP contribution in [0.5, 0.6) is 0 Å². The van der Waals surface area contributed by atoms with E-state index in [4.69, 9.17) is 9.05 Å².